The molecule has 4 atom stereocenters. The van der Waals surface area contributed by atoms with Gasteiger partial charge in [0.25, 0.3) is 5.91 Å². The van der Waals surface area contributed by atoms with Gasteiger partial charge in [-0.2, -0.15) is 0 Å². The monoisotopic (exact) mass is 555 g/mol. The number of ketones is 2. The van der Waals surface area contributed by atoms with Gasteiger partial charge in [-0.25, -0.2) is 0 Å². The van der Waals surface area contributed by atoms with E-state index in [0.29, 0.717) is 0 Å². The Morgan fingerprint density at radius 3 is 2.42 bits per heavy atom. The van der Waals surface area contributed by atoms with Crippen molar-refractivity contribution in [2.75, 3.05) is 26.0 Å². The third-order valence-corrected chi connectivity index (χ3v) is 7.37. The van der Waals surface area contributed by atoms with E-state index in [0.717, 1.165) is 0 Å². The van der Waals surface area contributed by atoms with E-state index < -0.39 is 87.7 Å². The predicted octanol–water partition coefficient (Wildman–Crippen LogP) is 0.326. The molecule has 1 saturated carbocycles. The van der Waals surface area contributed by atoms with Gasteiger partial charge in [0.15, 0.2) is 17.1 Å². The van der Waals surface area contributed by atoms with Crippen molar-refractivity contribution in [2.45, 2.75) is 31.5 Å². The lowest BCUT2D eigenvalue weighted by Gasteiger charge is -2.50. The van der Waals surface area contributed by atoms with Gasteiger partial charge < -0.3 is 41.1 Å². The highest BCUT2D eigenvalue weighted by Gasteiger charge is 2.66. The molecule has 0 aromatic heterocycles. The number of likely N-dealkylation sites (N-methyl/N-ethyl adjacent to an activating group) is 1. The fraction of sp³-hybridized carbons (Fsp3) is 0.370. The number of hydrogen-bond donors (Lipinski definition) is 6. The average Bonchev–Trinajstić information content (AvgIpc) is 2.86. The van der Waals surface area contributed by atoms with Crippen LogP contribution in [0.25, 0.3) is 11.3 Å². The number of ether oxygens (including phenoxy) is 1. The minimum absolute atomic E-state index is 0.0255. The molecular formula is C27H29N3O10. The van der Waals surface area contributed by atoms with Crippen molar-refractivity contribution >= 4 is 46.4 Å². The zero-order chi connectivity index (χ0) is 29.8. The molecular weight excluding hydrogens is 526 g/mol. The molecule has 3 aliphatic carbocycles. The quantitative estimate of drug-likeness (QED) is 0.160. The zero-order valence-corrected chi connectivity index (χ0v) is 22.0. The molecule has 3 aliphatic rings. The molecule has 2 amide bonds. The van der Waals surface area contributed by atoms with Crippen LogP contribution in [0, 0.1) is 11.8 Å². The summed E-state index contributed by atoms with van der Waals surface area (Å²) in [5, 5.41) is 47.4. The van der Waals surface area contributed by atoms with Crippen molar-refractivity contribution in [3.63, 3.8) is 0 Å². The summed E-state index contributed by atoms with van der Waals surface area (Å²) < 4.78 is 5.58. The molecule has 1 fully saturated rings. The first-order valence-electron chi connectivity index (χ1n) is 12.3. The number of carbonyl (C=O) groups is 5. The highest BCUT2D eigenvalue weighted by molar-refractivity contribution is 6.23. The molecule has 13 nitrogen and oxygen atoms in total. The Morgan fingerprint density at radius 2 is 1.85 bits per heavy atom. The maximum Gasteiger partial charge on any atom is 0.305 e. The van der Waals surface area contributed by atoms with Gasteiger partial charge in [-0.3, -0.25) is 24.0 Å². The van der Waals surface area contributed by atoms with Crippen LogP contribution in [0.3, 0.4) is 0 Å². The Balaban J connectivity index is 1.97. The third kappa shape index (κ3) is 4.14. The van der Waals surface area contributed by atoms with Crippen LogP contribution >= 0.6 is 0 Å². The summed E-state index contributed by atoms with van der Waals surface area (Å²) in [6.07, 6.45) is -2.33. The summed E-state index contributed by atoms with van der Waals surface area (Å²) in [5.74, 6) is -10.6. The first-order valence-corrected chi connectivity index (χ1v) is 12.3. The Hall–Kier alpha value is -4.49. The van der Waals surface area contributed by atoms with E-state index in [1.54, 1.807) is 19.0 Å². The number of benzene rings is 1. The molecule has 0 heterocycles. The van der Waals surface area contributed by atoms with Gasteiger partial charge in [-0.15, -0.1) is 0 Å². The number of rotatable bonds is 6. The third-order valence-electron chi connectivity index (χ3n) is 7.37. The lowest BCUT2D eigenvalue weighted by Crippen LogP contribution is -2.64. The SMILES string of the molecule is C=C1c2ccc(NC(=O)CN(C)C)c(O)c2C(O)=C2C(=O)C3(O)C(O)=C(C(N)=O)C(=O)CC3C(OC(=O)CC)C12. The Morgan fingerprint density at radius 1 is 1.20 bits per heavy atom. The van der Waals surface area contributed by atoms with E-state index in [1.807, 2.05) is 0 Å². The minimum atomic E-state index is -2.98. The molecule has 212 valence electrons. The van der Waals surface area contributed by atoms with Crippen molar-refractivity contribution in [1.82, 2.24) is 4.90 Å². The first kappa shape index (κ1) is 28.5. The molecule has 0 spiro atoms. The van der Waals surface area contributed by atoms with Gasteiger partial charge in [0.1, 0.15) is 23.2 Å². The normalized spacial score (nSPS) is 25.8. The van der Waals surface area contributed by atoms with Gasteiger partial charge in [-0.1, -0.05) is 19.6 Å². The lowest BCUT2D eigenvalue weighted by atomic mass is 9.56. The smallest absolute Gasteiger partial charge is 0.305 e. The number of nitrogens with two attached hydrogens (primary N) is 1. The van der Waals surface area contributed by atoms with E-state index in [2.05, 4.69) is 11.9 Å². The molecule has 13 heteroatoms. The molecule has 4 rings (SSSR count). The molecule has 4 unspecified atom stereocenters. The second-order valence-electron chi connectivity index (χ2n) is 10.2. The second-order valence-corrected chi connectivity index (χ2v) is 10.2. The number of aliphatic hydroxyl groups excluding tert-OH is 2. The van der Waals surface area contributed by atoms with Gasteiger partial charge >= 0.3 is 5.97 Å². The number of anilines is 1. The summed E-state index contributed by atoms with van der Waals surface area (Å²) in [5.41, 5.74) is 0.503. The number of hydrogen-bond acceptors (Lipinski definition) is 11. The maximum absolute atomic E-state index is 13.9. The molecule has 0 aliphatic heterocycles. The summed E-state index contributed by atoms with van der Waals surface area (Å²) >= 11 is 0. The van der Waals surface area contributed by atoms with Crippen molar-refractivity contribution < 1.29 is 49.1 Å². The highest BCUT2D eigenvalue weighted by Crippen LogP contribution is 2.56. The largest absolute Gasteiger partial charge is 0.508 e. The van der Waals surface area contributed by atoms with Crippen LogP contribution in [0.5, 0.6) is 5.75 Å². The summed E-state index contributed by atoms with van der Waals surface area (Å²) in [6, 6.07) is 2.78. The number of amides is 2. The van der Waals surface area contributed by atoms with Crippen molar-refractivity contribution in [3.8, 4) is 5.75 Å². The number of Topliss-reactive ketones (excluding diaryl/α,β-unsaturated/α-hetero) is 2. The fourth-order valence-electron chi connectivity index (χ4n) is 5.57. The maximum atomic E-state index is 13.9. The Kier molecular flexibility index (Phi) is 7.07. The zero-order valence-electron chi connectivity index (χ0n) is 22.0. The van der Waals surface area contributed by atoms with Crippen LogP contribution in [0.4, 0.5) is 5.69 Å². The van der Waals surface area contributed by atoms with Crippen LogP contribution < -0.4 is 11.1 Å². The molecule has 1 aromatic rings. The van der Waals surface area contributed by atoms with Crippen molar-refractivity contribution in [3.05, 3.63) is 46.7 Å². The number of phenolic OH excluding ortho intramolecular Hbond substituents is 1. The van der Waals surface area contributed by atoms with Crippen LogP contribution in [0.2, 0.25) is 0 Å². The fourth-order valence-corrected chi connectivity index (χ4v) is 5.57. The second kappa shape index (κ2) is 9.92. The molecule has 0 saturated heterocycles. The van der Waals surface area contributed by atoms with E-state index in [1.165, 1.54) is 19.1 Å². The molecule has 1 aromatic carbocycles. The summed E-state index contributed by atoms with van der Waals surface area (Å²) in [6.45, 7) is 5.46. The van der Waals surface area contributed by atoms with Gasteiger partial charge in [0.05, 0.1) is 29.3 Å². The van der Waals surface area contributed by atoms with Gasteiger partial charge in [0, 0.05) is 18.8 Å². The van der Waals surface area contributed by atoms with Gasteiger partial charge in [-0.05, 0) is 31.3 Å². The number of primary amides is 1. The Labute approximate surface area is 228 Å². The number of nitrogens with one attached hydrogen (secondary N) is 1. The van der Waals surface area contributed by atoms with Crippen molar-refractivity contribution in [1.29, 1.82) is 0 Å². The van der Waals surface area contributed by atoms with Crippen LogP contribution in [-0.2, 0) is 28.7 Å². The minimum Gasteiger partial charge on any atom is -0.508 e. The number of aliphatic hydroxyl groups is 3. The van der Waals surface area contributed by atoms with Crippen LogP contribution in [0.1, 0.15) is 30.9 Å². The van der Waals surface area contributed by atoms with E-state index in [9.17, 15) is 44.4 Å². The van der Waals surface area contributed by atoms with Crippen LogP contribution in [0.15, 0.2) is 35.6 Å². The molecule has 40 heavy (non-hydrogen) atoms. The van der Waals surface area contributed by atoms with Gasteiger partial charge in [0.2, 0.25) is 11.7 Å². The number of fused-ring (bicyclic) bond motifs is 3. The summed E-state index contributed by atoms with van der Waals surface area (Å²) in [7, 11) is 3.32. The Bertz CT molecular complexity index is 1460. The first-order chi connectivity index (χ1) is 18.7. The molecule has 0 radical (unpaired) electrons. The van der Waals surface area contributed by atoms with E-state index in [-0.39, 0.29) is 35.4 Å². The number of nitrogens with zero attached hydrogens (tertiary/aromatic N) is 1. The summed E-state index contributed by atoms with van der Waals surface area (Å²) in [4.78, 5) is 64.9. The van der Waals surface area contributed by atoms with Crippen molar-refractivity contribution in [2.24, 2.45) is 17.6 Å². The number of carbonyl (C=O) groups excluding carboxylic acids is 5. The number of aromatic hydroxyl groups is 1. The number of esters is 1. The molecule has 7 N–H and O–H groups in total. The van der Waals surface area contributed by atoms with E-state index >= 15 is 0 Å². The standard InChI is InChI=1S/C27H29N3O10/c1-5-16(33)40-23-12-8-14(31)19(26(28)38)24(36)27(12,39)25(37)20-17(23)10(2)11-6-7-13(21(34)18(11)22(20)35)29-15(32)9-30(3)4/h6-7,12,17,23,34-36,39H,2,5,8-9H2,1,3-4H3,(H2,28,38)(H,29,32). The van der Waals surface area contributed by atoms with E-state index in [4.69, 9.17) is 10.5 Å². The number of phenols is 1. The highest BCUT2D eigenvalue weighted by atomic mass is 16.5. The predicted molar refractivity (Wildman–Crippen MR) is 139 cm³/mol. The molecule has 0 bridgehead atoms. The topological polar surface area (TPSA) is 217 Å². The van der Waals surface area contributed by atoms with Crippen LogP contribution in [-0.4, -0.2) is 87.0 Å². The lowest BCUT2D eigenvalue weighted by molar-refractivity contribution is -0.174. The average molecular weight is 556 g/mol.